The Morgan fingerprint density at radius 2 is 2.20 bits per heavy atom. The van der Waals surface area contributed by atoms with E-state index in [2.05, 4.69) is 11.0 Å². The minimum absolute atomic E-state index is 0.200. The van der Waals surface area contributed by atoms with Crippen molar-refractivity contribution in [2.75, 3.05) is 23.8 Å². The van der Waals surface area contributed by atoms with Crippen molar-refractivity contribution in [1.29, 1.82) is 0 Å². The Kier molecular flexibility index (Phi) is 3.11. The Morgan fingerprint density at radius 3 is 2.73 bits per heavy atom. The average molecular weight is 206 g/mol. The van der Waals surface area contributed by atoms with Gasteiger partial charge in [-0.05, 0) is 37.5 Å². The van der Waals surface area contributed by atoms with Gasteiger partial charge in [0, 0.05) is 24.0 Å². The number of nitrogens with two attached hydrogens (primary N) is 1. The largest absolute Gasteiger partial charge is 0.399 e. The van der Waals surface area contributed by atoms with Gasteiger partial charge >= 0.3 is 0 Å². The molecule has 1 aromatic rings. The van der Waals surface area contributed by atoms with E-state index in [1.807, 2.05) is 18.2 Å². The maximum Gasteiger partial charge on any atom is 0.0606 e. The molecule has 3 N–H and O–H groups in total. The molecular weight excluding hydrogens is 188 g/mol. The highest BCUT2D eigenvalue weighted by molar-refractivity contribution is 5.56. The number of benzene rings is 1. The zero-order valence-corrected chi connectivity index (χ0v) is 8.89. The topological polar surface area (TPSA) is 49.5 Å². The van der Waals surface area contributed by atoms with Crippen LogP contribution in [0.15, 0.2) is 24.3 Å². The summed E-state index contributed by atoms with van der Waals surface area (Å²) in [6.07, 6.45) is 3.76. The quantitative estimate of drug-likeness (QED) is 0.736. The molecule has 3 heteroatoms. The predicted octanol–water partition coefficient (Wildman–Crippen LogP) is 1.62. The lowest BCUT2D eigenvalue weighted by atomic mass is 9.91. The maximum atomic E-state index is 9.06. The van der Waals surface area contributed by atoms with Gasteiger partial charge in [0.1, 0.15) is 0 Å². The van der Waals surface area contributed by atoms with Crippen molar-refractivity contribution >= 4 is 11.4 Å². The van der Waals surface area contributed by atoms with E-state index in [4.69, 9.17) is 10.8 Å². The van der Waals surface area contributed by atoms with Gasteiger partial charge < -0.3 is 15.7 Å². The second-order valence-electron chi connectivity index (χ2n) is 4.10. The van der Waals surface area contributed by atoms with Crippen LogP contribution >= 0.6 is 0 Å². The number of nitrogens with zero attached hydrogens (tertiary/aromatic N) is 1. The molecule has 0 aliphatic heterocycles. The van der Waals surface area contributed by atoms with E-state index >= 15 is 0 Å². The summed E-state index contributed by atoms with van der Waals surface area (Å²) in [6, 6.07) is 8.49. The van der Waals surface area contributed by atoms with E-state index in [0.717, 1.165) is 11.4 Å². The fraction of sp³-hybridized carbons (Fsp3) is 0.500. The Labute approximate surface area is 90.5 Å². The lowest BCUT2D eigenvalue weighted by Crippen LogP contribution is -2.41. The van der Waals surface area contributed by atoms with Crippen molar-refractivity contribution in [3.8, 4) is 0 Å². The van der Waals surface area contributed by atoms with E-state index < -0.39 is 0 Å². The molecule has 0 saturated heterocycles. The Morgan fingerprint density at radius 1 is 1.40 bits per heavy atom. The van der Waals surface area contributed by atoms with Crippen LogP contribution in [0.1, 0.15) is 19.3 Å². The molecule has 3 nitrogen and oxygen atoms in total. The van der Waals surface area contributed by atoms with E-state index in [9.17, 15) is 0 Å². The summed E-state index contributed by atoms with van der Waals surface area (Å²) in [4.78, 5) is 2.26. The average Bonchev–Trinajstić information content (AvgIpc) is 2.14. The number of hydrogen-bond acceptors (Lipinski definition) is 3. The van der Waals surface area contributed by atoms with Crippen LogP contribution in [0.2, 0.25) is 0 Å². The molecule has 82 valence electrons. The molecule has 0 aromatic heterocycles. The van der Waals surface area contributed by atoms with Crippen molar-refractivity contribution in [1.82, 2.24) is 0 Å². The summed E-state index contributed by atoms with van der Waals surface area (Å²) < 4.78 is 0. The molecule has 0 heterocycles. The molecule has 1 saturated carbocycles. The summed E-state index contributed by atoms with van der Waals surface area (Å²) in [6.45, 7) is 0.902. The number of hydrogen-bond donors (Lipinski definition) is 2. The van der Waals surface area contributed by atoms with E-state index in [1.165, 1.54) is 19.3 Å². The highest BCUT2D eigenvalue weighted by Gasteiger charge is 2.24. The smallest absolute Gasteiger partial charge is 0.0606 e. The molecule has 1 aliphatic carbocycles. The normalized spacial score (nSPS) is 16.1. The molecule has 0 radical (unpaired) electrons. The first-order valence-electron chi connectivity index (χ1n) is 5.54. The van der Waals surface area contributed by atoms with Crippen LogP contribution in [0.5, 0.6) is 0 Å². The summed E-state index contributed by atoms with van der Waals surface area (Å²) in [7, 11) is 0. The van der Waals surface area contributed by atoms with Gasteiger partial charge in [0.05, 0.1) is 6.61 Å². The number of aliphatic hydroxyl groups is 1. The number of anilines is 2. The van der Waals surface area contributed by atoms with Crippen LogP contribution < -0.4 is 10.6 Å². The Balaban J connectivity index is 2.15. The van der Waals surface area contributed by atoms with Gasteiger partial charge in [0.25, 0.3) is 0 Å². The molecule has 15 heavy (non-hydrogen) atoms. The van der Waals surface area contributed by atoms with Gasteiger partial charge in [-0.1, -0.05) is 6.07 Å². The monoisotopic (exact) mass is 206 g/mol. The van der Waals surface area contributed by atoms with Gasteiger partial charge in [0.2, 0.25) is 0 Å². The van der Waals surface area contributed by atoms with Crippen LogP contribution in [-0.4, -0.2) is 24.3 Å². The number of nitrogen functional groups attached to an aromatic ring is 1. The standard InChI is InChI=1S/C12H18N2O/c13-10-3-1-6-12(9-10)14(7-8-15)11-4-2-5-11/h1,3,6,9,11,15H,2,4-5,7-8,13H2. The van der Waals surface area contributed by atoms with Crippen molar-refractivity contribution < 1.29 is 5.11 Å². The van der Waals surface area contributed by atoms with Crippen LogP contribution in [0.3, 0.4) is 0 Å². The van der Waals surface area contributed by atoms with E-state index in [-0.39, 0.29) is 6.61 Å². The van der Waals surface area contributed by atoms with Crippen molar-refractivity contribution in [2.24, 2.45) is 0 Å². The zero-order valence-electron chi connectivity index (χ0n) is 8.89. The third-order valence-electron chi connectivity index (χ3n) is 3.06. The minimum atomic E-state index is 0.200. The number of aliphatic hydroxyl groups excluding tert-OH is 1. The van der Waals surface area contributed by atoms with E-state index in [0.29, 0.717) is 12.6 Å². The molecule has 0 amide bonds. The van der Waals surface area contributed by atoms with Gasteiger partial charge in [-0.2, -0.15) is 0 Å². The van der Waals surface area contributed by atoms with Crippen LogP contribution in [0, 0.1) is 0 Å². The first-order chi connectivity index (χ1) is 7.31. The highest BCUT2D eigenvalue weighted by atomic mass is 16.3. The van der Waals surface area contributed by atoms with Crippen LogP contribution in [0.4, 0.5) is 11.4 Å². The van der Waals surface area contributed by atoms with Crippen molar-refractivity contribution in [3.05, 3.63) is 24.3 Å². The molecule has 2 rings (SSSR count). The fourth-order valence-corrected chi connectivity index (χ4v) is 2.03. The molecule has 1 fully saturated rings. The zero-order chi connectivity index (χ0) is 10.7. The first kappa shape index (κ1) is 10.3. The van der Waals surface area contributed by atoms with Gasteiger partial charge in [-0.25, -0.2) is 0 Å². The van der Waals surface area contributed by atoms with Crippen molar-refractivity contribution in [3.63, 3.8) is 0 Å². The van der Waals surface area contributed by atoms with Gasteiger partial charge in [-0.3, -0.25) is 0 Å². The van der Waals surface area contributed by atoms with Crippen LogP contribution in [-0.2, 0) is 0 Å². The first-order valence-corrected chi connectivity index (χ1v) is 5.54. The Hall–Kier alpha value is -1.22. The summed E-state index contributed by atoms with van der Waals surface area (Å²) >= 11 is 0. The second-order valence-corrected chi connectivity index (χ2v) is 4.10. The van der Waals surface area contributed by atoms with Gasteiger partial charge in [0.15, 0.2) is 0 Å². The molecule has 0 spiro atoms. The molecule has 1 aromatic carbocycles. The molecule has 0 atom stereocenters. The molecular formula is C12H18N2O. The summed E-state index contributed by atoms with van der Waals surface area (Å²) in [5.74, 6) is 0. The van der Waals surface area contributed by atoms with Crippen LogP contribution in [0.25, 0.3) is 0 Å². The Bertz CT molecular complexity index is 323. The third kappa shape index (κ3) is 2.23. The lowest BCUT2D eigenvalue weighted by Gasteiger charge is -2.39. The van der Waals surface area contributed by atoms with Crippen molar-refractivity contribution in [2.45, 2.75) is 25.3 Å². The predicted molar refractivity (Wildman–Crippen MR) is 62.9 cm³/mol. The van der Waals surface area contributed by atoms with Gasteiger partial charge in [-0.15, -0.1) is 0 Å². The molecule has 0 unspecified atom stereocenters. The van der Waals surface area contributed by atoms with E-state index in [1.54, 1.807) is 0 Å². The summed E-state index contributed by atoms with van der Waals surface area (Å²) in [5, 5.41) is 9.06. The lowest BCUT2D eigenvalue weighted by molar-refractivity contribution is 0.283. The number of rotatable bonds is 4. The minimum Gasteiger partial charge on any atom is -0.399 e. The maximum absolute atomic E-state index is 9.06. The molecule has 1 aliphatic rings. The molecule has 0 bridgehead atoms. The second kappa shape index (κ2) is 4.53. The highest BCUT2D eigenvalue weighted by Crippen LogP contribution is 2.29. The summed E-state index contributed by atoms with van der Waals surface area (Å²) in [5.41, 5.74) is 7.68. The fourth-order valence-electron chi connectivity index (χ4n) is 2.03. The SMILES string of the molecule is Nc1cccc(N(CCO)C2CCC2)c1. The third-order valence-corrected chi connectivity index (χ3v) is 3.06.